The lowest BCUT2D eigenvalue weighted by atomic mass is 10.1. The van der Waals surface area contributed by atoms with Gasteiger partial charge in [0.1, 0.15) is 0 Å². The number of anilines is 2. The summed E-state index contributed by atoms with van der Waals surface area (Å²) >= 11 is 3.46. The number of hydrazone groups is 1. The Balaban J connectivity index is 1.48. The molecule has 1 fully saturated rings. The number of rotatable bonds is 2. The summed E-state index contributed by atoms with van der Waals surface area (Å²) in [4.78, 5) is 14.6. The minimum absolute atomic E-state index is 0.130. The fourth-order valence-electron chi connectivity index (χ4n) is 3.18. The van der Waals surface area contributed by atoms with Gasteiger partial charge in [0.05, 0.1) is 18.8 Å². The van der Waals surface area contributed by atoms with Gasteiger partial charge in [-0.1, -0.05) is 33.6 Å². The predicted octanol–water partition coefficient (Wildman–Crippen LogP) is 3.24. The first-order valence-electron chi connectivity index (χ1n) is 8.36. The van der Waals surface area contributed by atoms with E-state index < -0.39 is 0 Å². The molecular formula is C19H19BrN4O. The average Bonchev–Trinajstić information content (AvgIpc) is 2.92. The highest BCUT2D eigenvalue weighted by molar-refractivity contribution is 9.10. The Kier molecular flexibility index (Phi) is 4.21. The molecule has 2 aromatic rings. The smallest absolute Gasteiger partial charge is 0.276 e. The number of piperazine rings is 1. The summed E-state index contributed by atoms with van der Waals surface area (Å²) in [5.74, 6) is -0.130. The van der Waals surface area contributed by atoms with Gasteiger partial charge in [0, 0.05) is 28.8 Å². The average molecular weight is 399 g/mol. The number of benzene rings is 2. The molecule has 0 bridgehead atoms. The Labute approximate surface area is 155 Å². The molecule has 5 nitrogen and oxygen atoms in total. The molecule has 2 heterocycles. The number of fused-ring (bicyclic) bond motifs is 1. The Morgan fingerprint density at radius 1 is 1.04 bits per heavy atom. The first-order valence-corrected chi connectivity index (χ1v) is 9.16. The maximum absolute atomic E-state index is 12.2. The van der Waals surface area contributed by atoms with Crippen LogP contribution in [-0.2, 0) is 4.79 Å². The fraction of sp³-hybridized carbons (Fsp3) is 0.263. The summed E-state index contributed by atoms with van der Waals surface area (Å²) in [5, 5.41) is 9.50. The van der Waals surface area contributed by atoms with Crippen LogP contribution in [0.25, 0.3) is 0 Å². The second-order valence-electron chi connectivity index (χ2n) is 6.37. The normalized spacial score (nSPS) is 18.5. The summed E-state index contributed by atoms with van der Waals surface area (Å²) in [6.45, 7) is 5.49. The molecule has 1 N–H and O–H groups in total. The Hall–Kier alpha value is -2.34. The number of nitrogens with one attached hydrogen (secondary N) is 1. The summed E-state index contributed by atoms with van der Waals surface area (Å²) < 4.78 is 0.944. The second-order valence-corrected chi connectivity index (χ2v) is 7.28. The molecule has 2 aliphatic heterocycles. The third-order valence-electron chi connectivity index (χ3n) is 4.60. The van der Waals surface area contributed by atoms with E-state index in [9.17, 15) is 4.79 Å². The van der Waals surface area contributed by atoms with Gasteiger partial charge in [-0.05, 0) is 37.3 Å². The van der Waals surface area contributed by atoms with Gasteiger partial charge < -0.3 is 10.2 Å². The van der Waals surface area contributed by atoms with Gasteiger partial charge in [-0.2, -0.15) is 5.10 Å². The molecule has 4 rings (SSSR count). The molecule has 0 aliphatic carbocycles. The van der Waals surface area contributed by atoms with Crippen LogP contribution in [0.1, 0.15) is 11.1 Å². The van der Waals surface area contributed by atoms with E-state index in [0.29, 0.717) is 5.71 Å². The van der Waals surface area contributed by atoms with Crippen molar-refractivity contribution in [2.45, 2.75) is 6.92 Å². The maximum Gasteiger partial charge on any atom is 0.276 e. The summed E-state index contributed by atoms with van der Waals surface area (Å²) in [7, 11) is 0. The molecule has 2 aromatic carbocycles. The van der Waals surface area contributed by atoms with Crippen molar-refractivity contribution in [3.8, 4) is 0 Å². The van der Waals surface area contributed by atoms with Crippen LogP contribution in [0.3, 0.4) is 0 Å². The fourth-order valence-corrected chi connectivity index (χ4v) is 3.54. The number of carbonyl (C=O) groups excluding carboxylic acids is 1. The molecule has 1 amide bonds. The van der Waals surface area contributed by atoms with Gasteiger partial charge in [0.2, 0.25) is 0 Å². The van der Waals surface area contributed by atoms with Crippen molar-refractivity contribution >= 4 is 38.9 Å². The van der Waals surface area contributed by atoms with Crippen LogP contribution in [0.15, 0.2) is 52.0 Å². The van der Waals surface area contributed by atoms with Crippen LogP contribution >= 0.6 is 15.9 Å². The molecule has 0 saturated carbocycles. The van der Waals surface area contributed by atoms with Crippen molar-refractivity contribution in [2.24, 2.45) is 5.10 Å². The number of halogens is 1. The molecule has 1 saturated heterocycles. The lowest BCUT2D eigenvalue weighted by Crippen LogP contribution is -2.44. The summed E-state index contributed by atoms with van der Waals surface area (Å²) in [6.07, 6.45) is 0. The van der Waals surface area contributed by atoms with E-state index in [2.05, 4.69) is 62.4 Å². The van der Waals surface area contributed by atoms with E-state index in [-0.39, 0.29) is 5.91 Å². The maximum atomic E-state index is 12.2. The molecule has 0 radical (unpaired) electrons. The molecule has 2 aliphatic rings. The Morgan fingerprint density at radius 3 is 2.48 bits per heavy atom. The molecule has 6 heteroatoms. The topological polar surface area (TPSA) is 47.9 Å². The van der Waals surface area contributed by atoms with Gasteiger partial charge in [-0.15, -0.1) is 0 Å². The van der Waals surface area contributed by atoms with Gasteiger partial charge in [0.25, 0.3) is 5.91 Å². The van der Waals surface area contributed by atoms with Crippen LogP contribution < -0.4 is 10.2 Å². The SMILES string of the molecule is Cc1ccc(N2CCN(N=C3C(=O)Nc4ccc(Br)cc43)CC2)cc1. The predicted molar refractivity (Wildman–Crippen MR) is 104 cm³/mol. The molecule has 0 aromatic heterocycles. The van der Waals surface area contributed by atoms with Crippen LogP contribution in [0.2, 0.25) is 0 Å². The number of aryl methyl sites for hydroxylation is 1. The lowest BCUT2D eigenvalue weighted by molar-refractivity contribution is -0.110. The van der Waals surface area contributed by atoms with Crippen LogP contribution in [0, 0.1) is 6.92 Å². The van der Waals surface area contributed by atoms with E-state index in [1.807, 2.05) is 23.2 Å². The number of hydrogen-bond acceptors (Lipinski definition) is 4. The zero-order chi connectivity index (χ0) is 17.4. The van der Waals surface area contributed by atoms with Crippen molar-refractivity contribution in [1.29, 1.82) is 0 Å². The Morgan fingerprint density at radius 2 is 1.76 bits per heavy atom. The van der Waals surface area contributed by atoms with Crippen molar-refractivity contribution in [3.05, 3.63) is 58.1 Å². The van der Waals surface area contributed by atoms with Gasteiger partial charge in [-0.25, -0.2) is 0 Å². The van der Waals surface area contributed by atoms with Gasteiger partial charge >= 0.3 is 0 Å². The number of hydrogen-bond donors (Lipinski definition) is 1. The molecule has 25 heavy (non-hydrogen) atoms. The molecule has 128 valence electrons. The van der Waals surface area contributed by atoms with Gasteiger partial charge in [0.15, 0.2) is 5.71 Å². The summed E-state index contributed by atoms with van der Waals surface area (Å²) in [5.41, 5.74) is 4.70. The standard InChI is InChI=1S/C19H19BrN4O/c1-13-2-5-15(6-3-13)23-8-10-24(11-9-23)22-18-16-12-14(20)4-7-17(16)21-19(18)25/h2-7,12H,8-11H2,1H3,(H,21,22,25). The zero-order valence-electron chi connectivity index (χ0n) is 14.0. The highest BCUT2D eigenvalue weighted by atomic mass is 79.9. The van der Waals surface area contributed by atoms with E-state index >= 15 is 0 Å². The minimum Gasteiger partial charge on any atom is -0.368 e. The highest BCUT2D eigenvalue weighted by Gasteiger charge is 2.28. The quantitative estimate of drug-likeness (QED) is 0.844. The zero-order valence-corrected chi connectivity index (χ0v) is 15.6. The van der Waals surface area contributed by atoms with E-state index in [0.717, 1.165) is 41.9 Å². The summed E-state index contributed by atoms with van der Waals surface area (Å²) in [6, 6.07) is 14.4. The van der Waals surface area contributed by atoms with Crippen LogP contribution in [0.4, 0.5) is 11.4 Å². The van der Waals surface area contributed by atoms with Crippen molar-refractivity contribution < 1.29 is 4.79 Å². The van der Waals surface area contributed by atoms with E-state index in [1.165, 1.54) is 11.3 Å². The third kappa shape index (κ3) is 3.26. The molecule has 0 unspecified atom stereocenters. The lowest BCUT2D eigenvalue weighted by Gasteiger charge is -2.34. The van der Waals surface area contributed by atoms with Crippen molar-refractivity contribution in [1.82, 2.24) is 5.01 Å². The second kappa shape index (κ2) is 6.52. The number of amides is 1. The highest BCUT2D eigenvalue weighted by Crippen LogP contribution is 2.27. The number of nitrogens with zero attached hydrogens (tertiary/aromatic N) is 3. The first-order chi connectivity index (χ1) is 12.1. The third-order valence-corrected chi connectivity index (χ3v) is 5.09. The largest absolute Gasteiger partial charge is 0.368 e. The minimum atomic E-state index is -0.130. The van der Waals surface area contributed by atoms with E-state index in [4.69, 9.17) is 0 Å². The monoisotopic (exact) mass is 398 g/mol. The molecule has 0 atom stereocenters. The van der Waals surface area contributed by atoms with Crippen molar-refractivity contribution in [3.63, 3.8) is 0 Å². The molecular weight excluding hydrogens is 380 g/mol. The van der Waals surface area contributed by atoms with E-state index in [1.54, 1.807) is 0 Å². The van der Waals surface area contributed by atoms with Crippen LogP contribution in [0.5, 0.6) is 0 Å². The Bertz CT molecular complexity index is 839. The van der Waals surface area contributed by atoms with Crippen LogP contribution in [-0.4, -0.2) is 42.8 Å². The van der Waals surface area contributed by atoms with Gasteiger partial charge in [-0.3, -0.25) is 9.80 Å². The van der Waals surface area contributed by atoms with Crippen molar-refractivity contribution in [2.75, 3.05) is 36.4 Å². The first kappa shape index (κ1) is 16.1. The number of carbonyl (C=O) groups is 1. The molecule has 0 spiro atoms.